The van der Waals surface area contributed by atoms with Gasteiger partial charge >= 0.3 is 33.6 Å². The van der Waals surface area contributed by atoms with Gasteiger partial charge in [-0.1, -0.05) is 351 Å². The standard InChI is InChI=1S/C95H158O16P2/c1-4-7-10-13-16-19-22-25-28-31-34-36-38-40-42-43-44-45-47-49-50-52-55-57-60-63-66-69-72-75-78-81-93(98)105-84-90(96)85-107-112(101,102)108-86-91(97)87-109-113(103,104)110-89-92(111-95(100)83-80-77-74-71-68-65-62-59-54-33-30-27-24-21-18-15-12-9-6-3)88-106-94(99)82-79-76-73-70-67-64-61-58-56-53-51-48-46-41-39-37-35-32-29-26-23-20-17-14-11-8-5-2/h7-12,16-21,25-30,34-37,40-42,44-46,54,59,90-92,96-97H,4-6,13-15,22-24,31-33,38-39,43,47-53,55-58,60-89H2,1-3H3,(H,101,102)(H,103,104)/b10-7-,11-8-,12-9-,19-16-,20-17-,21-18-,28-25-,29-26-,30-27-,36-34-,37-35-,42-40-,45-44-,46-41-,59-54-. The second-order valence-electron chi connectivity index (χ2n) is 28.9. The summed E-state index contributed by atoms with van der Waals surface area (Å²) in [7, 11) is -9.82. The number of rotatable bonds is 82. The third-order valence-electron chi connectivity index (χ3n) is 18.1. The number of carbonyl (C=O) groups excluding carboxylic acids is 3. The smallest absolute Gasteiger partial charge is 0.463 e. The van der Waals surface area contributed by atoms with Crippen LogP contribution in [0.3, 0.4) is 0 Å². The van der Waals surface area contributed by atoms with Crippen LogP contribution in [0.5, 0.6) is 0 Å². The van der Waals surface area contributed by atoms with Crippen LogP contribution < -0.4 is 0 Å². The van der Waals surface area contributed by atoms with Gasteiger partial charge in [-0.15, -0.1) is 0 Å². The number of aliphatic hydroxyl groups is 2. The van der Waals surface area contributed by atoms with Crippen LogP contribution in [0, 0.1) is 0 Å². The monoisotopic (exact) mass is 1620 g/mol. The lowest BCUT2D eigenvalue weighted by atomic mass is 10.0. The summed E-state index contributed by atoms with van der Waals surface area (Å²) in [6, 6.07) is 0. The first-order chi connectivity index (χ1) is 55.2. The Labute approximate surface area is 687 Å². The molecule has 0 aromatic heterocycles. The first-order valence-corrected chi connectivity index (χ1v) is 47.1. The summed E-state index contributed by atoms with van der Waals surface area (Å²) in [5.74, 6) is -1.60. The van der Waals surface area contributed by atoms with E-state index in [4.69, 9.17) is 32.3 Å². The van der Waals surface area contributed by atoms with Gasteiger partial charge in [0, 0.05) is 19.3 Å². The van der Waals surface area contributed by atoms with Crippen molar-refractivity contribution in [3.63, 3.8) is 0 Å². The highest BCUT2D eigenvalue weighted by Crippen LogP contribution is 2.45. The topological polar surface area (TPSA) is 231 Å². The summed E-state index contributed by atoms with van der Waals surface area (Å²) in [5, 5.41) is 20.7. The minimum atomic E-state index is -4.95. The Morgan fingerprint density at radius 2 is 0.442 bits per heavy atom. The SMILES string of the molecule is CC/C=C\C/C=C\C/C=C\C/C=C\C/C=C\C/C=C\CCCCCCCCCCCCCCC(=O)OCC(O)COP(=O)(O)OCC(O)COP(=O)(O)OCC(COC(=O)CCCCCCCCCCCCC/C=C\C/C=C\C/C=C\C/C=C\C/C=C\CC)OC(=O)CCCCCCCC/C=C\C/C=C\C/C=C\C/C=C\CC. The second-order valence-corrected chi connectivity index (χ2v) is 31.8. The molecule has 0 heterocycles. The van der Waals surface area contributed by atoms with Gasteiger partial charge in [0.15, 0.2) is 6.10 Å². The van der Waals surface area contributed by atoms with Gasteiger partial charge in [0.2, 0.25) is 0 Å². The summed E-state index contributed by atoms with van der Waals surface area (Å²) in [6.45, 7) is 2.34. The van der Waals surface area contributed by atoms with Gasteiger partial charge in [0.05, 0.1) is 26.4 Å². The van der Waals surface area contributed by atoms with Gasteiger partial charge in [-0.05, 0) is 154 Å². The van der Waals surface area contributed by atoms with E-state index in [0.29, 0.717) is 19.3 Å². The quantitative estimate of drug-likeness (QED) is 0.0146. The highest BCUT2D eigenvalue weighted by molar-refractivity contribution is 7.47. The summed E-state index contributed by atoms with van der Waals surface area (Å²) in [5.41, 5.74) is 0. The predicted octanol–water partition coefficient (Wildman–Crippen LogP) is 26.9. The summed E-state index contributed by atoms with van der Waals surface area (Å²) < 4.78 is 61.4. The lowest BCUT2D eigenvalue weighted by molar-refractivity contribution is -0.161. The number of allylic oxidation sites excluding steroid dienone is 30. The molecule has 0 rings (SSSR count). The van der Waals surface area contributed by atoms with E-state index in [1.807, 2.05) is 0 Å². The van der Waals surface area contributed by atoms with Gasteiger partial charge in [-0.2, -0.15) is 0 Å². The number of carbonyl (C=O) groups is 3. The fourth-order valence-electron chi connectivity index (χ4n) is 11.5. The number of hydrogen-bond donors (Lipinski definition) is 4. The van der Waals surface area contributed by atoms with Crippen molar-refractivity contribution in [3.8, 4) is 0 Å². The highest BCUT2D eigenvalue weighted by atomic mass is 31.2. The number of ether oxygens (including phenoxy) is 3. The van der Waals surface area contributed by atoms with Gasteiger partial charge in [0.25, 0.3) is 0 Å². The molecule has 0 aliphatic heterocycles. The van der Waals surface area contributed by atoms with Crippen molar-refractivity contribution in [1.82, 2.24) is 0 Å². The van der Waals surface area contributed by atoms with E-state index >= 15 is 0 Å². The van der Waals surface area contributed by atoms with Crippen LogP contribution in [-0.2, 0) is 55.8 Å². The number of esters is 3. The molecule has 5 unspecified atom stereocenters. The molecule has 0 saturated heterocycles. The van der Waals surface area contributed by atoms with Crippen molar-refractivity contribution in [2.24, 2.45) is 0 Å². The van der Waals surface area contributed by atoms with E-state index < -0.39 is 91.5 Å². The molecule has 0 radical (unpaired) electrons. The molecule has 0 saturated carbocycles. The lowest BCUT2D eigenvalue weighted by Crippen LogP contribution is -2.30. The van der Waals surface area contributed by atoms with Gasteiger partial charge in [-0.25, -0.2) is 9.13 Å². The fourth-order valence-corrected chi connectivity index (χ4v) is 13.1. The molecule has 16 nitrogen and oxygen atoms in total. The number of aliphatic hydroxyl groups excluding tert-OH is 2. The Bertz CT molecular complexity index is 2780. The molecule has 18 heteroatoms. The average Bonchev–Trinajstić information content (AvgIpc) is 0.899. The van der Waals surface area contributed by atoms with E-state index in [1.54, 1.807) is 0 Å². The number of phosphoric acid groups is 2. The van der Waals surface area contributed by atoms with Gasteiger partial charge < -0.3 is 34.2 Å². The molecule has 644 valence electrons. The zero-order chi connectivity index (χ0) is 82.2. The Hall–Kier alpha value is -5.35. The first-order valence-electron chi connectivity index (χ1n) is 44.1. The summed E-state index contributed by atoms with van der Waals surface area (Å²) in [6.07, 6.45) is 112. The minimum absolute atomic E-state index is 0.0827. The Morgan fingerprint density at radius 3 is 0.699 bits per heavy atom. The first kappa shape index (κ1) is 108. The van der Waals surface area contributed by atoms with Crippen LogP contribution in [0.25, 0.3) is 0 Å². The molecule has 0 spiro atoms. The van der Waals surface area contributed by atoms with Crippen molar-refractivity contribution in [3.05, 3.63) is 182 Å². The molecular formula is C95H158O16P2. The largest absolute Gasteiger partial charge is 0.472 e. The van der Waals surface area contributed by atoms with Crippen molar-refractivity contribution in [2.75, 3.05) is 39.6 Å². The number of phosphoric ester groups is 2. The maximum atomic E-state index is 13.0. The Kier molecular flexibility index (Phi) is 81.9. The zero-order valence-corrected chi connectivity index (χ0v) is 72.5. The molecule has 0 aliphatic rings. The van der Waals surface area contributed by atoms with Crippen molar-refractivity contribution in [2.45, 2.75) is 360 Å². The molecule has 0 bridgehead atoms. The lowest BCUT2D eigenvalue weighted by Gasteiger charge is -2.21. The maximum Gasteiger partial charge on any atom is 0.472 e. The summed E-state index contributed by atoms with van der Waals surface area (Å²) in [4.78, 5) is 58.9. The third kappa shape index (κ3) is 87.3. The second kappa shape index (κ2) is 86.0. The van der Waals surface area contributed by atoms with Gasteiger partial charge in [-0.3, -0.25) is 32.5 Å². The molecule has 0 aromatic rings. The van der Waals surface area contributed by atoms with Gasteiger partial charge in [0.1, 0.15) is 25.4 Å². The van der Waals surface area contributed by atoms with E-state index in [1.165, 1.54) is 89.9 Å². The van der Waals surface area contributed by atoms with E-state index in [-0.39, 0.29) is 19.3 Å². The molecule has 0 amide bonds. The molecule has 113 heavy (non-hydrogen) atoms. The summed E-state index contributed by atoms with van der Waals surface area (Å²) >= 11 is 0. The predicted molar refractivity (Wildman–Crippen MR) is 472 cm³/mol. The maximum absolute atomic E-state index is 13.0. The fraction of sp³-hybridized carbons (Fsp3) is 0.653. The van der Waals surface area contributed by atoms with Crippen LogP contribution >= 0.6 is 15.6 Å². The van der Waals surface area contributed by atoms with Crippen molar-refractivity contribution >= 4 is 33.6 Å². The number of unbranched alkanes of at least 4 members (excludes halogenated alkanes) is 29. The molecule has 0 aliphatic carbocycles. The molecule has 0 fully saturated rings. The normalized spacial score (nSPS) is 14.7. The van der Waals surface area contributed by atoms with Crippen LogP contribution in [-0.4, -0.2) is 95.9 Å². The van der Waals surface area contributed by atoms with Crippen LogP contribution in [0.2, 0.25) is 0 Å². The molecule has 5 atom stereocenters. The van der Waals surface area contributed by atoms with E-state index in [9.17, 15) is 43.5 Å². The Balaban J connectivity index is 4.59. The third-order valence-corrected chi connectivity index (χ3v) is 20.0. The van der Waals surface area contributed by atoms with Crippen LogP contribution in [0.15, 0.2) is 182 Å². The van der Waals surface area contributed by atoms with Crippen molar-refractivity contribution < 1.29 is 75.8 Å². The number of hydrogen-bond acceptors (Lipinski definition) is 14. The van der Waals surface area contributed by atoms with Crippen LogP contribution in [0.4, 0.5) is 0 Å². The van der Waals surface area contributed by atoms with Crippen molar-refractivity contribution in [1.29, 1.82) is 0 Å². The molecule has 0 aromatic carbocycles. The van der Waals surface area contributed by atoms with E-state index in [0.717, 1.165) is 193 Å². The minimum Gasteiger partial charge on any atom is -0.463 e. The highest BCUT2D eigenvalue weighted by Gasteiger charge is 2.29. The average molecular weight is 1620 g/mol. The van der Waals surface area contributed by atoms with Crippen LogP contribution in [0.1, 0.15) is 342 Å². The Morgan fingerprint density at radius 1 is 0.248 bits per heavy atom. The van der Waals surface area contributed by atoms with E-state index in [2.05, 4.69) is 203 Å². The molecule has 4 N–H and O–H groups in total. The molecular weight excluding hydrogens is 1460 g/mol. The zero-order valence-electron chi connectivity index (χ0n) is 70.7.